The van der Waals surface area contributed by atoms with Gasteiger partial charge in [0.1, 0.15) is 0 Å². The molecule has 1 aliphatic rings. The lowest BCUT2D eigenvalue weighted by Crippen LogP contribution is -2.34. The van der Waals surface area contributed by atoms with Gasteiger partial charge in [0.2, 0.25) is 0 Å². The molecule has 1 aliphatic heterocycles. The van der Waals surface area contributed by atoms with Gasteiger partial charge in [-0.1, -0.05) is 13.0 Å². The molecule has 2 N–H and O–H groups in total. The van der Waals surface area contributed by atoms with Gasteiger partial charge in [-0.05, 0) is 30.5 Å². The predicted molar refractivity (Wildman–Crippen MR) is 83.0 cm³/mol. The average molecular weight is 318 g/mol. The summed E-state index contributed by atoms with van der Waals surface area (Å²) in [5, 5.41) is 0. The number of nitrogens with two attached hydrogens (primary N) is 1. The third-order valence-electron chi connectivity index (χ3n) is 3.74. The van der Waals surface area contributed by atoms with E-state index in [2.05, 4.69) is 0 Å². The molecule has 2 nitrogen and oxygen atoms in total. The Morgan fingerprint density at radius 3 is 2.52 bits per heavy atom. The first-order valence-electron chi connectivity index (χ1n) is 7.20. The van der Waals surface area contributed by atoms with Gasteiger partial charge < -0.3 is 10.6 Å². The lowest BCUT2D eigenvalue weighted by Gasteiger charge is -2.31. The van der Waals surface area contributed by atoms with Crippen molar-refractivity contribution in [3.8, 4) is 0 Å². The van der Waals surface area contributed by atoms with Crippen LogP contribution in [-0.4, -0.2) is 30.6 Å². The van der Waals surface area contributed by atoms with Crippen molar-refractivity contribution in [2.45, 2.75) is 32.0 Å². The lowest BCUT2D eigenvalue weighted by atomic mass is 10.0. The Kier molecular flexibility index (Phi) is 5.43. The number of anilines is 1. The van der Waals surface area contributed by atoms with Gasteiger partial charge in [-0.25, -0.2) is 0 Å². The second kappa shape index (κ2) is 6.92. The summed E-state index contributed by atoms with van der Waals surface area (Å²) in [6.07, 6.45) is -3.09. The van der Waals surface area contributed by atoms with E-state index in [1.165, 1.54) is 6.07 Å². The van der Waals surface area contributed by atoms with Crippen LogP contribution in [0.25, 0.3) is 0 Å². The monoisotopic (exact) mass is 318 g/mol. The van der Waals surface area contributed by atoms with E-state index in [9.17, 15) is 13.2 Å². The molecule has 1 saturated heterocycles. The van der Waals surface area contributed by atoms with Gasteiger partial charge in [0.25, 0.3) is 0 Å². The van der Waals surface area contributed by atoms with Gasteiger partial charge in [0.15, 0.2) is 0 Å². The van der Waals surface area contributed by atoms with E-state index in [0.29, 0.717) is 30.8 Å². The minimum Gasteiger partial charge on any atom is -0.369 e. The van der Waals surface area contributed by atoms with Crippen LogP contribution in [0.2, 0.25) is 0 Å². The van der Waals surface area contributed by atoms with E-state index in [-0.39, 0.29) is 6.04 Å². The summed E-state index contributed by atoms with van der Waals surface area (Å²) in [5.74, 6) is 1.75. The third-order valence-corrected chi connectivity index (χ3v) is 4.68. The first kappa shape index (κ1) is 16.5. The molecule has 0 bridgehead atoms. The molecule has 1 aromatic rings. The van der Waals surface area contributed by atoms with Gasteiger partial charge in [-0.15, -0.1) is 0 Å². The molecule has 0 aliphatic carbocycles. The summed E-state index contributed by atoms with van der Waals surface area (Å²) in [4.78, 5) is 1.84. The molecule has 0 amide bonds. The number of benzene rings is 1. The number of hydrogen-bond acceptors (Lipinski definition) is 3. The van der Waals surface area contributed by atoms with E-state index >= 15 is 0 Å². The first-order chi connectivity index (χ1) is 9.91. The molecule has 0 spiro atoms. The van der Waals surface area contributed by atoms with Crippen molar-refractivity contribution < 1.29 is 13.2 Å². The van der Waals surface area contributed by atoms with E-state index in [0.717, 1.165) is 17.9 Å². The number of thioether (sulfide) groups is 1. The molecule has 118 valence electrons. The van der Waals surface area contributed by atoms with E-state index < -0.39 is 11.7 Å². The van der Waals surface area contributed by atoms with Crippen LogP contribution in [-0.2, 0) is 12.6 Å². The Morgan fingerprint density at radius 1 is 1.29 bits per heavy atom. The number of rotatable bonds is 4. The second-order valence-corrected chi connectivity index (χ2v) is 6.55. The van der Waals surface area contributed by atoms with Crippen molar-refractivity contribution in [2.75, 3.05) is 29.5 Å². The van der Waals surface area contributed by atoms with Crippen LogP contribution >= 0.6 is 11.8 Å². The summed E-state index contributed by atoms with van der Waals surface area (Å²) < 4.78 is 40.0. The van der Waals surface area contributed by atoms with E-state index in [1.54, 1.807) is 23.9 Å². The highest BCUT2D eigenvalue weighted by Gasteiger charge is 2.35. The Balaban J connectivity index is 2.31. The third kappa shape index (κ3) is 4.30. The molecule has 6 heteroatoms. The molecular weight excluding hydrogens is 297 g/mol. The van der Waals surface area contributed by atoms with Crippen LogP contribution in [0.15, 0.2) is 18.2 Å². The minimum absolute atomic E-state index is 0.0941. The van der Waals surface area contributed by atoms with Crippen molar-refractivity contribution in [3.63, 3.8) is 0 Å². The number of hydrogen-bond donors (Lipinski definition) is 1. The van der Waals surface area contributed by atoms with Crippen molar-refractivity contribution in [3.05, 3.63) is 29.3 Å². The highest BCUT2D eigenvalue weighted by Crippen LogP contribution is 2.38. The van der Waals surface area contributed by atoms with Crippen LogP contribution in [0.3, 0.4) is 0 Å². The quantitative estimate of drug-likeness (QED) is 0.921. The predicted octanol–water partition coefficient (Wildman–Crippen LogP) is 3.54. The smallest absolute Gasteiger partial charge is 0.369 e. The fourth-order valence-electron chi connectivity index (χ4n) is 2.46. The highest BCUT2D eigenvalue weighted by molar-refractivity contribution is 7.99. The van der Waals surface area contributed by atoms with Crippen molar-refractivity contribution in [1.29, 1.82) is 0 Å². The van der Waals surface area contributed by atoms with Crippen molar-refractivity contribution in [2.24, 2.45) is 5.73 Å². The van der Waals surface area contributed by atoms with Crippen molar-refractivity contribution in [1.82, 2.24) is 0 Å². The van der Waals surface area contributed by atoms with Crippen LogP contribution in [0.5, 0.6) is 0 Å². The molecule has 1 heterocycles. The topological polar surface area (TPSA) is 29.3 Å². The lowest BCUT2D eigenvalue weighted by molar-refractivity contribution is -0.137. The zero-order valence-electron chi connectivity index (χ0n) is 12.1. The zero-order chi connectivity index (χ0) is 15.5. The van der Waals surface area contributed by atoms with Gasteiger partial charge in [0.05, 0.1) is 5.56 Å². The largest absolute Gasteiger partial charge is 0.418 e. The Bertz CT molecular complexity index is 470. The fourth-order valence-corrected chi connectivity index (χ4v) is 3.37. The van der Waals surface area contributed by atoms with Gasteiger partial charge in [0, 0.05) is 36.3 Å². The summed E-state index contributed by atoms with van der Waals surface area (Å²) in [6, 6.07) is 4.56. The minimum atomic E-state index is -4.33. The molecule has 2 rings (SSSR count). The Morgan fingerprint density at radius 2 is 1.95 bits per heavy atom. The Hall–Kier alpha value is -0.880. The summed E-state index contributed by atoms with van der Waals surface area (Å²) in [6.45, 7) is 3.28. The standard InChI is InChI=1S/C15H21F3N2S/c1-2-12(19)9-11-3-4-14(13(10-11)15(16,17)18)20-5-7-21-8-6-20/h3-4,10,12H,2,5-9,19H2,1H3. The first-order valence-corrected chi connectivity index (χ1v) is 8.35. The molecule has 1 atom stereocenters. The van der Waals surface area contributed by atoms with Crippen LogP contribution in [0.1, 0.15) is 24.5 Å². The molecule has 1 unspecified atom stereocenters. The summed E-state index contributed by atoms with van der Waals surface area (Å²) >= 11 is 1.78. The molecule has 0 aromatic heterocycles. The molecule has 1 aromatic carbocycles. The van der Waals surface area contributed by atoms with Gasteiger partial charge in [-0.2, -0.15) is 24.9 Å². The Labute approximate surface area is 127 Å². The molecule has 1 fully saturated rings. The molecule has 0 radical (unpaired) electrons. The van der Waals surface area contributed by atoms with Crippen LogP contribution in [0.4, 0.5) is 18.9 Å². The van der Waals surface area contributed by atoms with E-state index in [1.807, 2.05) is 11.8 Å². The summed E-state index contributed by atoms with van der Waals surface area (Å²) in [5.41, 5.74) is 6.28. The second-order valence-electron chi connectivity index (χ2n) is 5.32. The molecular formula is C15H21F3N2S. The van der Waals surface area contributed by atoms with Gasteiger partial charge >= 0.3 is 6.18 Å². The maximum absolute atomic E-state index is 13.3. The molecule has 0 saturated carbocycles. The number of halogens is 3. The highest BCUT2D eigenvalue weighted by atomic mass is 32.2. The van der Waals surface area contributed by atoms with Gasteiger partial charge in [-0.3, -0.25) is 0 Å². The SMILES string of the molecule is CCC(N)Cc1ccc(N2CCSCC2)c(C(F)(F)F)c1. The van der Waals surface area contributed by atoms with E-state index in [4.69, 9.17) is 5.73 Å². The average Bonchev–Trinajstić information content (AvgIpc) is 2.47. The zero-order valence-corrected chi connectivity index (χ0v) is 12.9. The fraction of sp³-hybridized carbons (Fsp3) is 0.600. The maximum atomic E-state index is 13.3. The van der Waals surface area contributed by atoms with Crippen molar-refractivity contribution >= 4 is 17.4 Å². The summed E-state index contributed by atoms with van der Waals surface area (Å²) in [7, 11) is 0. The number of nitrogens with zero attached hydrogens (tertiary/aromatic N) is 1. The molecule has 21 heavy (non-hydrogen) atoms. The number of alkyl halides is 3. The maximum Gasteiger partial charge on any atom is 0.418 e. The van der Waals surface area contributed by atoms with Crippen LogP contribution < -0.4 is 10.6 Å². The van der Waals surface area contributed by atoms with Crippen LogP contribution in [0, 0.1) is 0 Å². The normalized spacial score (nSPS) is 17.9.